The van der Waals surface area contributed by atoms with Crippen molar-refractivity contribution in [3.63, 3.8) is 0 Å². The van der Waals surface area contributed by atoms with Gasteiger partial charge in [0.25, 0.3) is 5.91 Å². The molecule has 0 aliphatic rings. The number of nitrogens with one attached hydrogen (secondary N) is 1. The second-order valence-electron chi connectivity index (χ2n) is 5.93. The first-order chi connectivity index (χ1) is 12.7. The molecule has 4 aromatic rings. The molecule has 3 aromatic heterocycles. The zero-order valence-electron chi connectivity index (χ0n) is 14.4. The molecule has 0 aliphatic carbocycles. The number of pyridine rings is 1. The predicted octanol–water partition coefficient (Wildman–Crippen LogP) is 4.63. The van der Waals surface area contributed by atoms with Gasteiger partial charge in [0, 0.05) is 23.3 Å². The van der Waals surface area contributed by atoms with Crippen LogP contribution < -0.4 is 10.1 Å². The van der Waals surface area contributed by atoms with Gasteiger partial charge in [-0.1, -0.05) is 6.07 Å². The monoisotopic (exact) mass is 363 g/mol. The van der Waals surface area contributed by atoms with Gasteiger partial charge in [-0.2, -0.15) is 11.3 Å². The van der Waals surface area contributed by atoms with E-state index in [0.717, 1.165) is 22.5 Å². The van der Waals surface area contributed by atoms with Gasteiger partial charge in [0.1, 0.15) is 11.4 Å². The number of aryl methyl sites for hydroxylation is 1. The van der Waals surface area contributed by atoms with E-state index >= 15 is 0 Å². The second kappa shape index (κ2) is 6.65. The molecule has 0 bridgehead atoms. The highest BCUT2D eigenvalue weighted by molar-refractivity contribution is 7.08. The number of carbonyl (C=O) groups excluding carboxylic acids is 1. The highest BCUT2D eigenvalue weighted by Gasteiger charge is 2.13. The van der Waals surface area contributed by atoms with Crippen LogP contribution in [0.5, 0.6) is 5.75 Å². The summed E-state index contributed by atoms with van der Waals surface area (Å²) in [7, 11) is 1.59. The number of methoxy groups -OCH3 is 1. The van der Waals surface area contributed by atoms with E-state index in [4.69, 9.17) is 9.72 Å². The number of hydrogen-bond acceptors (Lipinski definition) is 4. The number of fused-ring (bicyclic) bond motifs is 1. The molecule has 0 fully saturated rings. The first kappa shape index (κ1) is 16.4. The summed E-state index contributed by atoms with van der Waals surface area (Å²) in [6.45, 7) is 2.03. The van der Waals surface area contributed by atoms with E-state index in [0.29, 0.717) is 17.0 Å². The summed E-state index contributed by atoms with van der Waals surface area (Å²) in [5, 5.41) is 6.62. The van der Waals surface area contributed by atoms with Crippen LogP contribution in [0.4, 0.5) is 5.69 Å². The molecule has 0 saturated heterocycles. The average Bonchev–Trinajstić information content (AvgIpc) is 3.32. The van der Waals surface area contributed by atoms with Gasteiger partial charge in [0.15, 0.2) is 0 Å². The van der Waals surface area contributed by atoms with Gasteiger partial charge in [-0.15, -0.1) is 0 Å². The van der Waals surface area contributed by atoms with Gasteiger partial charge in [-0.05, 0) is 48.2 Å². The molecule has 0 atom stereocenters. The Balaban J connectivity index is 1.73. The molecular weight excluding hydrogens is 346 g/mol. The van der Waals surface area contributed by atoms with Gasteiger partial charge in [-0.25, -0.2) is 4.98 Å². The van der Waals surface area contributed by atoms with Crippen molar-refractivity contribution in [1.29, 1.82) is 0 Å². The Bertz CT molecular complexity index is 1080. The minimum Gasteiger partial charge on any atom is -0.495 e. The van der Waals surface area contributed by atoms with E-state index in [9.17, 15) is 4.79 Å². The minimum atomic E-state index is -0.160. The van der Waals surface area contributed by atoms with Gasteiger partial charge in [0.05, 0.1) is 24.1 Å². The lowest BCUT2D eigenvalue weighted by atomic mass is 10.1. The van der Waals surface area contributed by atoms with E-state index in [-0.39, 0.29) is 5.91 Å². The molecule has 5 nitrogen and oxygen atoms in total. The van der Waals surface area contributed by atoms with Gasteiger partial charge in [0.2, 0.25) is 0 Å². The Kier molecular flexibility index (Phi) is 4.18. The van der Waals surface area contributed by atoms with Crippen molar-refractivity contribution >= 4 is 28.6 Å². The summed E-state index contributed by atoms with van der Waals surface area (Å²) in [6.07, 6.45) is 3.95. The number of benzene rings is 1. The quantitative estimate of drug-likeness (QED) is 0.575. The van der Waals surface area contributed by atoms with E-state index in [1.807, 2.05) is 64.8 Å². The van der Waals surface area contributed by atoms with Gasteiger partial charge >= 0.3 is 0 Å². The number of nitrogens with zero attached hydrogens (tertiary/aromatic N) is 2. The Hall–Kier alpha value is -3.12. The second-order valence-corrected chi connectivity index (χ2v) is 6.71. The van der Waals surface area contributed by atoms with Crippen LogP contribution in [0.1, 0.15) is 15.9 Å². The molecule has 0 radical (unpaired) electrons. The van der Waals surface area contributed by atoms with Gasteiger partial charge < -0.3 is 14.5 Å². The fraction of sp³-hybridized carbons (Fsp3) is 0.100. The van der Waals surface area contributed by atoms with Crippen LogP contribution in [0.25, 0.3) is 16.9 Å². The normalized spacial score (nSPS) is 10.8. The SMILES string of the molecule is COc1ccc(-c2cn3cccc(C)c3n2)cc1NC(=O)c1ccsc1. The topological polar surface area (TPSA) is 55.6 Å². The molecule has 26 heavy (non-hydrogen) atoms. The zero-order chi connectivity index (χ0) is 18.1. The number of hydrogen-bond donors (Lipinski definition) is 1. The van der Waals surface area contributed by atoms with Gasteiger partial charge in [-0.3, -0.25) is 4.79 Å². The van der Waals surface area contributed by atoms with Crippen molar-refractivity contribution in [1.82, 2.24) is 9.38 Å². The molecule has 3 heterocycles. The van der Waals surface area contributed by atoms with E-state index in [1.54, 1.807) is 13.2 Å². The van der Waals surface area contributed by atoms with E-state index in [2.05, 4.69) is 5.32 Å². The third kappa shape index (κ3) is 2.95. The van der Waals surface area contributed by atoms with Crippen molar-refractivity contribution in [2.45, 2.75) is 6.92 Å². The van der Waals surface area contributed by atoms with Crippen LogP contribution >= 0.6 is 11.3 Å². The molecule has 0 spiro atoms. The summed E-state index contributed by atoms with van der Waals surface area (Å²) in [4.78, 5) is 17.1. The highest BCUT2D eigenvalue weighted by Crippen LogP contribution is 2.31. The molecule has 1 amide bonds. The molecule has 4 rings (SSSR count). The highest BCUT2D eigenvalue weighted by atomic mass is 32.1. The third-order valence-corrected chi connectivity index (χ3v) is 4.89. The number of anilines is 1. The predicted molar refractivity (Wildman–Crippen MR) is 104 cm³/mol. The van der Waals surface area contributed by atoms with Crippen LogP contribution in [-0.2, 0) is 0 Å². The lowest BCUT2D eigenvalue weighted by Crippen LogP contribution is -2.11. The molecular formula is C20H17N3O2S. The van der Waals surface area contributed by atoms with Crippen LogP contribution in [-0.4, -0.2) is 22.4 Å². The lowest BCUT2D eigenvalue weighted by molar-refractivity contribution is 0.102. The van der Waals surface area contributed by atoms with Crippen molar-refractivity contribution in [2.24, 2.45) is 0 Å². The maximum atomic E-state index is 12.4. The molecule has 0 saturated carbocycles. The maximum Gasteiger partial charge on any atom is 0.256 e. The summed E-state index contributed by atoms with van der Waals surface area (Å²) in [5.74, 6) is 0.449. The van der Waals surface area contributed by atoms with Crippen molar-refractivity contribution < 1.29 is 9.53 Å². The van der Waals surface area contributed by atoms with Crippen LogP contribution in [0, 0.1) is 6.92 Å². The Labute approximate surface area is 154 Å². The number of imidazole rings is 1. The Morgan fingerprint density at radius 2 is 2.15 bits per heavy atom. The molecule has 0 unspecified atom stereocenters. The smallest absolute Gasteiger partial charge is 0.256 e. The largest absolute Gasteiger partial charge is 0.495 e. The number of ether oxygens (including phenoxy) is 1. The Morgan fingerprint density at radius 3 is 2.88 bits per heavy atom. The van der Waals surface area contributed by atoms with Crippen LogP contribution in [0.2, 0.25) is 0 Å². The van der Waals surface area contributed by atoms with Crippen molar-refractivity contribution in [3.05, 3.63) is 70.7 Å². The van der Waals surface area contributed by atoms with E-state index < -0.39 is 0 Å². The van der Waals surface area contributed by atoms with E-state index in [1.165, 1.54) is 11.3 Å². The van der Waals surface area contributed by atoms with Crippen molar-refractivity contribution in [2.75, 3.05) is 12.4 Å². The Morgan fingerprint density at radius 1 is 1.27 bits per heavy atom. The molecule has 1 N–H and O–H groups in total. The molecule has 0 aliphatic heterocycles. The van der Waals surface area contributed by atoms with Crippen LogP contribution in [0.3, 0.4) is 0 Å². The number of carbonyl (C=O) groups is 1. The first-order valence-electron chi connectivity index (χ1n) is 8.12. The molecule has 130 valence electrons. The average molecular weight is 363 g/mol. The minimum absolute atomic E-state index is 0.160. The summed E-state index contributed by atoms with van der Waals surface area (Å²) in [6, 6.07) is 11.5. The lowest BCUT2D eigenvalue weighted by Gasteiger charge is -2.11. The molecule has 6 heteroatoms. The summed E-state index contributed by atoms with van der Waals surface area (Å²) in [5.41, 5.74) is 5.03. The number of amides is 1. The number of thiophene rings is 1. The van der Waals surface area contributed by atoms with Crippen molar-refractivity contribution in [3.8, 4) is 17.0 Å². The summed E-state index contributed by atoms with van der Waals surface area (Å²) < 4.78 is 7.39. The number of aromatic nitrogens is 2. The zero-order valence-corrected chi connectivity index (χ0v) is 15.2. The standard InChI is InChI=1S/C20H17N3O2S/c1-13-4-3-8-23-11-17(21-19(13)23)14-5-6-18(25-2)16(10-14)22-20(24)15-7-9-26-12-15/h3-12H,1-2H3,(H,22,24). The fourth-order valence-electron chi connectivity index (χ4n) is 2.85. The third-order valence-electron chi connectivity index (χ3n) is 4.20. The molecule has 1 aromatic carbocycles. The first-order valence-corrected chi connectivity index (χ1v) is 9.06. The van der Waals surface area contributed by atoms with Crippen LogP contribution in [0.15, 0.2) is 59.6 Å². The summed E-state index contributed by atoms with van der Waals surface area (Å²) >= 11 is 1.49. The fourth-order valence-corrected chi connectivity index (χ4v) is 3.48. The number of rotatable bonds is 4. The maximum absolute atomic E-state index is 12.4.